The molecule has 3 aromatic rings. The Morgan fingerprint density at radius 2 is 1.50 bits per heavy atom. The average Bonchev–Trinajstić information content (AvgIpc) is 3.22. The Kier molecular flexibility index (Phi) is 6.66. The van der Waals surface area contributed by atoms with E-state index in [0.29, 0.717) is 0 Å². The molecule has 34 heavy (non-hydrogen) atoms. The Morgan fingerprint density at radius 1 is 0.882 bits per heavy atom. The zero-order valence-electron chi connectivity index (χ0n) is 19.8. The van der Waals surface area contributed by atoms with E-state index in [1.165, 1.54) is 5.56 Å². The Hall–Kier alpha value is -3.15. The average molecular weight is 456 g/mol. The molecule has 0 saturated carbocycles. The minimum absolute atomic E-state index is 0.219. The molecule has 0 aromatic heterocycles. The van der Waals surface area contributed by atoms with Crippen LogP contribution in [0, 0.1) is 0 Å². The van der Waals surface area contributed by atoms with Crippen molar-refractivity contribution >= 4 is 11.4 Å². The second kappa shape index (κ2) is 10.00. The van der Waals surface area contributed by atoms with Crippen LogP contribution in [0.1, 0.15) is 38.2 Å². The predicted molar refractivity (Wildman–Crippen MR) is 137 cm³/mol. The van der Waals surface area contributed by atoms with Gasteiger partial charge >= 0.3 is 0 Å². The molecule has 0 aliphatic carbocycles. The summed E-state index contributed by atoms with van der Waals surface area (Å²) in [6.07, 6.45) is 3.25. The van der Waals surface area contributed by atoms with Crippen molar-refractivity contribution in [1.29, 1.82) is 0 Å². The Bertz CT molecular complexity index is 1090. The van der Waals surface area contributed by atoms with Crippen LogP contribution < -0.4 is 9.75 Å². The molecule has 0 spiro atoms. The molecule has 2 aliphatic heterocycles. The summed E-state index contributed by atoms with van der Waals surface area (Å²) >= 11 is 0. The number of ether oxygens (including phenoxy) is 1. The summed E-state index contributed by atoms with van der Waals surface area (Å²) < 4.78 is 5.90. The largest absolute Gasteiger partial charge is 0.457 e. The fourth-order valence-corrected chi connectivity index (χ4v) is 5.06. The summed E-state index contributed by atoms with van der Waals surface area (Å²) in [5.74, 6) is 1.69. The van der Waals surface area contributed by atoms with Crippen LogP contribution in [0.15, 0.2) is 90.0 Å². The molecule has 5 rings (SSSR count). The number of hydrogen-bond acceptors (Lipinski definition) is 5. The van der Waals surface area contributed by atoms with Gasteiger partial charge in [-0.2, -0.15) is 5.10 Å². The highest BCUT2D eigenvalue weighted by molar-refractivity contribution is 5.86. The van der Waals surface area contributed by atoms with E-state index in [2.05, 4.69) is 41.1 Å². The minimum Gasteiger partial charge on any atom is -0.457 e. The van der Waals surface area contributed by atoms with Crippen LogP contribution in [-0.4, -0.2) is 40.5 Å². The van der Waals surface area contributed by atoms with Crippen LogP contribution in [0.25, 0.3) is 0 Å². The molecule has 5 nitrogen and oxygen atoms in total. The van der Waals surface area contributed by atoms with Gasteiger partial charge in [0, 0.05) is 31.8 Å². The van der Waals surface area contributed by atoms with Crippen molar-refractivity contribution in [2.45, 2.75) is 50.8 Å². The Balaban J connectivity index is 1.14. The second-order valence-electron chi connectivity index (χ2n) is 9.64. The first-order valence-corrected chi connectivity index (χ1v) is 12.2. The van der Waals surface area contributed by atoms with Crippen molar-refractivity contribution in [2.24, 2.45) is 5.10 Å². The SMILES string of the molecule is CC1=NN(c2ccccc2)C(CC2(O)CCN(Cc3ccc(Oc4ccccc4)cc3)CC2)C1. The van der Waals surface area contributed by atoms with Gasteiger partial charge in [-0.05, 0) is 68.1 Å². The summed E-state index contributed by atoms with van der Waals surface area (Å²) in [6.45, 7) is 4.77. The first-order valence-electron chi connectivity index (χ1n) is 12.2. The van der Waals surface area contributed by atoms with Crippen LogP contribution in [-0.2, 0) is 6.54 Å². The van der Waals surface area contributed by atoms with Crippen molar-refractivity contribution < 1.29 is 9.84 Å². The lowest BCUT2D eigenvalue weighted by Crippen LogP contribution is -2.47. The monoisotopic (exact) mass is 455 g/mol. The summed E-state index contributed by atoms with van der Waals surface area (Å²) in [6, 6.07) is 28.7. The standard InChI is InChI=1S/C29H33N3O2/c1-23-20-26(32(30-23)25-8-4-2-5-9-25)21-29(33)16-18-31(19-17-29)22-24-12-14-28(15-13-24)34-27-10-6-3-7-11-27/h2-15,26,33H,16-22H2,1H3. The Morgan fingerprint density at radius 3 is 2.18 bits per heavy atom. The number of piperidine rings is 1. The van der Waals surface area contributed by atoms with Gasteiger partial charge in [0.1, 0.15) is 11.5 Å². The second-order valence-corrected chi connectivity index (χ2v) is 9.64. The molecule has 1 N–H and O–H groups in total. The smallest absolute Gasteiger partial charge is 0.127 e. The normalized spacial score (nSPS) is 20.2. The minimum atomic E-state index is -0.637. The zero-order chi connectivity index (χ0) is 23.4. The van der Waals surface area contributed by atoms with Crippen LogP contribution in [0.4, 0.5) is 5.69 Å². The summed E-state index contributed by atoms with van der Waals surface area (Å²) in [5, 5.41) is 18.3. The van der Waals surface area contributed by atoms with Crippen molar-refractivity contribution in [1.82, 2.24) is 4.90 Å². The topological polar surface area (TPSA) is 48.3 Å². The lowest BCUT2D eigenvalue weighted by Gasteiger charge is -2.40. The molecular formula is C29H33N3O2. The summed E-state index contributed by atoms with van der Waals surface area (Å²) in [7, 11) is 0. The molecule has 2 heterocycles. The van der Waals surface area contributed by atoms with Gasteiger partial charge in [0.25, 0.3) is 0 Å². The van der Waals surface area contributed by atoms with Gasteiger partial charge in [0.15, 0.2) is 0 Å². The maximum Gasteiger partial charge on any atom is 0.127 e. The van der Waals surface area contributed by atoms with Gasteiger partial charge in [-0.15, -0.1) is 0 Å². The highest BCUT2D eigenvalue weighted by atomic mass is 16.5. The van der Waals surface area contributed by atoms with E-state index in [9.17, 15) is 5.11 Å². The molecule has 1 atom stereocenters. The van der Waals surface area contributed by atoms with E-state index >= 15 is 0 Å². The number of para-hydroxylation sites is 2. The van der Waals surface area contributed by atoms with Gasteiger partial charge < -0.3 is 9.84 Å². The van der Waals surface area contributed by atoms with Gasteiger partial charge in [0.05, 0.1) is 17.3 Å². The number of anilines is 1. The third-order valence-corrected chi connectivity index (χ3v) is 6.89. The molecule has 176 valence electrons. The first kappa shape index (κ1) is 22.6. The molecule has 2 aliphatic rings. The third kappa shape index (κ3) is 5.49. The van der Waals surface area contributed by atoms with E-state index in [1.807, 2.05) is 60.7 Å². The number of likely N-dealkylation sites (tertiary alicyclic amines) is 1. The zero-order valence-corrected chi connectivity index (χ0v) is 19.8. The van der Waals surface area contributed by atoms with Crippen LogP contribution >= 0.6 is 0 Å². The van der Waals surface area contributed by atoms with Gasteiger partial charge in [-0.25, -0.2) is 0 Å². The number of rotatable bonds is 7. The lowest BCUT2D eigenvalue weighted by molar-refractivity contribution is -0.0334. The van der Waals surface area contributed by atoms with Gasteiger partial charge in [-0.1, -0.05) is 48.5 Å². The molecule has 0 radical (unpaired) electrons. The Labute approximate surface area is 202 Å². The van der Waals surface area contributed by atoms with Crippen molar-refractivity contribution in [2.75, 3.05) is 18.1 Å². The maximum absolute atomic E-state index is 11.4. The molecule has 3 aromatic carbocycles. The molecule has 0 amide bonds. The van der Waals surface area contributed by atoms with E-state index in [-0.39, 0.29) is 6.04 Å². The molecule has 1 saturated heterocycles. The number of hydrazone groups is 1. The van der Waals surface area contributed by atoms with E-state index < -0.39 is 5.60 Å². The quantitative estimate of drug-likeness (QED) is 0.485. The van der Waals surface area contributed by atoms with E-state index in [0.717, 1.165) is 68.2 Å². The highest BCUT2D eigenvalue weighted by Crippen LogP contribution is 2.34. The lowest BCUT2D eigenvalue weighted by atomic mass is 9.84. The van der Waals surface area contributed by atoms with Gasteiger partial charge in [0.2, 0.25) is 0 Å². The highest BCUT2D eigenvalue weighted by Gasteiger charge is 2.38. The first-order chi connectivity index (χ1) is 16.6. The number of hydrogen-bond donors (Lipinski definition) is 1. The fraction of sp³-hybridized carbons (Fsp3) is 0.345. The van der Waals surface area contributed by atoms with Crippen molar-refractivity contribution in [3.63, 3.8) is 0 Å². The van der Waals surface area contributed by atoms with Crippen molar-refractivity contribution in [3.05, 3.63) is 90.5 Å². The fourth-order valence-electron chi connectivity index (χ4n) is 5.06. The number of aliphatic hydroxyl groups is 1. The number of nitrogens with zero attached hydrogens (tertiary/aromatic N) is 3. The molecular weight excluding hydrogens is 422 g/mol. The van der Waals surface area contributed by atoms with Crippen LogP contribution in [0.3, 0.4) is 0 Å². The molecule has 5 heteroatoms. The summed E-state index contributed by atoms with van der Waals surface area (Å²) in [5.41, 5.74) is 2.86. The van der Waals surface area contributed by atoms with E-state index in [1.54, 1.807) is 0 Å². The molecule has 1 fully saturated rings. The number of benzene rings is 3. The van der Waals surface area contributed by atoms with Crippen molar-refractivity contribution in [3.8, 4) is 11.5 Å². The van der Waals surface area contributed by atoms with Crippen LogP contribution in [0.2, 0.25) is 0 Å². The van der Waals surface area contributed by atoms with E-state index in [4.69, 9.17) is 9.84 Å². The third-order valence-electron chi connectivity index (χ3n) is 6.89. The summed E-state index contributed by atoms with van der Waals surface area (Å²) in [4.78, 5) is 2.44. The van der Waals surface area contributed by atoms with Crippen LogP contribution in [0.5, 0.6) is 11.5 Å². The maximum atomic E-state index is 11.4. The predicted octanol–water partition coefficient (Wildman–Crippen LogP) is 5.85. The molecule has 1 unspecified atom stereocenters. The molecule has 0 bridgehead atoms. The van der Waals surface area contributed by atoms with Gasteiger partial charge in [-0.3, -0.25) is 9.91 Å².